The zero-order chi connectivity index (χ0) is 32.8. The van der Waals surface area contributed by atoms with Crippen molar-refractivity contribution >= 4 is 43.1 Å². The van der Waals surface area contributed by atoms with Crippen LogP contribution in [0, 0.1) is 0 Å². The molecule has 0 amide bonds. The first kappa shape index (κ1) is 27.3. The summed E-state index contributed by atoms with van der Waals surface area (Å²) in [5.74, 6) is 0.744. The fourth-order valence-corrected chi connectivity index (χ4v) is 8.35. The van der Waals surface area contributed by atoms with Gasteiger partial charge in [0.2, 0.25) is 0 Å². The Morgan fingerprint density at radius 3 is 1.60 bits per heavy atom. The minimum absolute atomic E-state index is 0.744. The molecule has 9 aromatic carbocycles. The van der Waals surface area contributed by atoms with Crippen LogP contribution in [0.2, 0.25) is 0 Å². The lowest BCUT2D eigenvalue weighted by Crippen LogP contribution is -1.93. The number of fused-ring (bicyclic) bond motifs is 3. The van der Waals surface area contributed by atoms with E-state index in [1.807, 2.05) is 6.20 Å². The normalized spacial score (nSPS) is 12.0. The van der Waals surface area contributed by atoms with Gasteiger partial charge in [0.1, 0.15) is 0 Å². The maximum Gasteiger partial charge on any atom is 0.159 e. The van der Waals surface area contributed by atoms with E-state index in [-0.39, 0.29) is 0 Å². The predicted molar refractivity (Wildman–Crippen MR) is 209 cm³/mol. The molecule has 1 aromatic heterocycles. The minimum Gasteiger partial charge on any atom is -0.236 e. The van der Waals surface area contributed by atoms with Crippen LogP contribution in [0.5, 0.6) is 0 Å². The highest BCUT2D eigenvalue weighted by atomic mass is 14.9. The summed E-state index contributed by atoms with van der Waals surface area (Å²) in [6, 6.07) is 59.5. The maximum atomic E-state index is 5.15. The van der Waals surface area contributed by atoms with Crippen molar-refractivity contribution in [1.29, 1.82) is 0 Å². The summed E-state index contributed by atoms with van der Waals surface area (Å²) in [5.41, 5.74) is 12.9. The van der Waals surface area contributed by atoms with Crippen molar-refractivity contribution in [2.24, 2.45) is 0 Å². The average molecular weight is 633 g/mol. The van der Waals surface area contributed by atoms with Crippen LogP contribution in [0.4, 0.5) is 0 Å². The molecule has 2 heteroatoms. The average Bonchev–Trinajstić information content (AvgIpc) is 3.51. The molecule has 2 nitrogen and oxygen atoms in total. The summed E-state index contributed by atoms with van der Waals surface area (Å²) >= 11 is 0. The summed E-state index contributed by atoms with van der Waals surface area (Å²) in [6.45, 7) is 0. The zero-order valence-electron chi connectivity index (χ0n) is 27.1. The van der Waals surface area contributed by atoms with Gasteiger partial charge in [-0.05, 0) is 88.1 Å². The highest BCUT2D eigenvalue weighted by molar-refractivity contribution is 6.30. The molecule has 0 spiro atoms. The Morgan fingerprint density at radius 1 is 0.320 bits per heavy atom. The highest BCUT2D eigenvalue weighted by Gasteiger charge is 2.24. The number of hydrogen-bond donors (Lipinski definition) is 0. The Bertz CT molecular complexity index is 2940. The molecule has 1 aliphatic rings. The van der Waals surface area contributed by atoms with Gasteiger partial charge in [-0.1, -0.05) is 158 Å². The molecule has 0 saturated heterocycles. The topological polar surface area (TPSA) is 25.8 Å². The van der Waals surface area contributed by atoms with Crippen LogP contribution in [-0.4, -0.2) is 9.97 Å². The standard InChI is InChI=1S/C48H28N2/c1-3-9-29(10-4-1)35-23-21-33-22-24-38-41(30-11-5-2-6-12-30)27-42(39-26-25-37(35)45(33)46(38)39)31-17-19-34(20-18-31)48-49-28-43-36-15-7-13-32-14-8-16-40(44(32)36)47(43)50-48/h1-28H. The van der Waals surface area contributed by atoms with Crippen molar-refractivity contribution in [1.82, 2.24) is 9.97 Å². The first-order valence-corrected chi connectivity index (χ1v) is 17.2. The lowest BCUT2D eigenvalue weighted by molar-refractivity contribution is 1.19. The molecule has 0 bridgehead atoms. The lowest BCUT2D eigenvalue weighted by Gasteiger charge is -2.19. The third kappa shape index (κ3) is 3.90. The van der Waals surface area contributed by atoms with Gasteiger partial charge in [-0.15, -0.1) is 0 Å². The number of benzene rings is 9. The van der Waals surface area contributed by atoms with Gasteiger partial charge in [0.25, 0.3) is 0 Å². The van der Waals surface area contributed by atoms with Crippen LogP contribution in [0.1, 0.15) is 0 Å². The van der Waals surface area contributed by atoms with Gasteiger partial charge >= 0.3 is 0 Å². The van der Waals surface area contributed by atoms with Gasteiger partial charge < -0.3 is 0 Å². The second-order valence-electron chi connectivity index (χ2n) is 13.3. The van der Waals surface area contributed by atoms with Crippen molar-refractivity contribution in [2.45, 2.75) is 0 Å². The molecular formula is C48H28N2. The fraction of sp³-hybridized carbons (Fsp3) is 0. The van der Waals surface area contributed by atoms with Gasteiger partial charge in [-0.2, -0.15) is 0 Å². The molecule has 11 rings (SSSR count). The van der Waals surface area contributed by atoms with E-state index >= 15 is 0 Å². The van der Waals surface area contributed by atoms with Gasteiger partial charge in [-0.3, -0.25) is 0 Å². The Kier molecular flexibility index (Phi) is 5.70. The Morgan fingerprint density at radius 2 is 0.880 bits per heavy atom. The van der Waals surface area contributed by atoms with Crippen LogP contribution in [0.15, 0.2) is 170 Å². The number of aromatic nitrogens is 2. The number of nitrogens with zero attached hydrogens (tertiary/aromatic N) is 2. The molecule has 10 aromatic rings. The molecule has 0 radical (unpaired) electrons. The van der Waals surface area contributed by atoms with Crippen LogP contribution < -0.4 is 0 Å². The Labute approximate surface area is 289 Å². The summed E-state index contributed by atoms with van der Waals surface area (Å²) in [7, 11) is 0. The number of hydrogen-bond acceptors (Lipinski definition) is 2. The van der Waals surface area contributed by atoms with Crippen molar-refractivity contribution in [2.75, 3.05) is 0 Å². The molecule has 1 heterocycles. The molecule has 50 heavy (non-hydrogen) atoms. The van der Waals surface area contributed by atoms with E-state index in [1.165, 1.54) is 87.6 Å². The van der Waals surface area contributed by atoms with Gasteiger partial charge in [0.15, 0.2) is 5.82 Å². The molecule has 0 fully saturated rings. The Balaban J connectivity index is 1.10. The second-order valence-corrected chi connectivity index (χ2v) is 13.3. The molecule has 0 unspecified atom stereocenters. The van der Waals surface area contributed by atoms with Crippen LogP contribution in [0.25, 0.3) is 110 Å². The van der Waals surface area contributed by atoms with Crippen molar-refractivity contribution in [3.05, 3.63) is 170 Å². The van der Waals surface area contributed by atoms with Crippen LogP contribution in [-0.2, 0) is 0 Å². The van der Waals surface area contributed by atoms with E-state index in [9.17, 15) is 0 Å². The van der Waals surface area contributed by atoms with E-state index in [1.54, 1.807) is 0 Å². The number of rotatable bonds is 4. The van der Waals surface area contributed by atoms with Gasteiger partial charge in [-0.25, -0.2) is 9.97 Å². The SMILES string of the molecule is c1ccc(-c2ccc3ccc4c(-c5ccccc5)cc(-c5ccc(-c6ncc7c(n6)-c6cccc8cccc-7c68)cc5)c5ccc2c3c45)cc1. The fourth-order valence-electron chi connectivity index (χ4n) is 8.35. The maximum absolute atomic E-state index is 5.15. The summed E-state index contributed by atoms with van der Waals surface area (Å²) in [4.78, 5) is 10.0. The molecule has 0 aliphatic heterocycles. The highest BCUT2D eigenvalue weighted by Crippen LogP contribution is 2.48. The summed E-state index contributed by atoms with van der Waals surface area (Å²) < 4.78 is 0. The van der Waals surface area contributed by atoms with E-state index < -0.39 is 0 Å². The quantitative estimate of drug-likeness (QED) is 0.180. The molecular weight excluding hydrogens is 605 g/mol. The van der Waals surface area contributed by atoms with Crippen LogP contribution in [0.3, 0.4) is 0 Å². The first-order valence-electron chi connectivity index (χ1n) is 17.2. The van der Waals surface area contributed by atoms with E-state index in [0.717, 1.165) is 22.6 Å². The molecule has 1 aliphatic carbocycles. The van der Waals surface area contributed by atoms with Crippen LogP contribution >= 0.6 is 0 Å². The van der Waals surface area contributed by atoms with E-state index in [4.69, 9.17) is 9.97 Å². The van der Waals surface area contributed by atoms with E-state index in [2.05, 4.69) is 164 Å². The predicted octanol–water partition coefficient (Wildman–Crippen LogP) is 12.8. The molecule has 0 N–H and O–H groups in total. The zero-order valence-corrected chi connectivity index (χ0v) is 27.1. The van der Waals surface area contributed by atoms with Crippen molar-refractivity contribution in [3.8, 4) is 67.2 Å². The molecule has 0 saturated carbocycles. The molecule has 0 atom stereocenters. The van der Waals surface area contributed by atoms with Crippen molar-refractivity contribution < 1.29 is 0 Å². The van der Waals surface area contributed by atoms with Gasteiger partial charge in [0.05, 0.1) is 5.69 Å². The summed E-state index contributed by atoms with van der Waals surface area (Å²) in [6.07, 6.45) is 2.00. The van der Waals surface area contributed by atoms with Crippen molar-refractivity contribution in [3.63, 3.8) is 0 Å². The minimum atomic E-state index is 0.744. The third-order valence-corrected chi connectivity index (χ3v) is 10.6. The first-order chi connectivity index (χ1) is 24.8. The van der Waals surface area contributed by atoms with E-state index in [0.29, 0.717) is 0 Å². The monoisotopic (exact) mass is 632 g/mol. The smallest absolute Gasteiger partial charge is 0.159 e. The third-order valence-electron chi connectivity index (χ3n) is 10.6. The lowest BCUT2D eigenvalue weighted by atomic mass is 9.84. The largest absolute Gasteiger partial charge is 0.236 e. The Hall–Kier alpha value is -6.64. The molecule has 230 valence electrons. The summed E-state index contributed by atoms with van der Waals surface area (Å²) in [5, 5.41) is 10.2. The van der Waals surface area contributed by atoms with Gasteiger partial charge in [0, 0.05) is 22.9 Å². The second kappa shape index (κ2) is 10.4.